The summed E-state index contributed by atoms with van der Waals surface area (Å²) < 4.78 is 54.9. The van der Waals surface area contributed by atoms with Crippen molar-refractivity contribution in [2.24, 2.45) is 0 Å². The molecule has 2 aromatic heterocycles. The van der Waals surface area contributed by atoms with Gasteiger partial charge >= 0.3 is 12.2 Å². The Morgan fingerprint density at radius 2 is 1.84 bits per heavy atom. The largest absolute Gasteiger partial charge is 0.428 e. The van der Waals surface area contributed by atoms with Crippen molar-refractivity contribution in [3.8, 4) is 0 Å². The first-order chi connectivity index (χ1) is 15.1. The number of aromatic amines is 1. The summed E-state index contributed by atoms with van der Waals surface area (Å²) in [6.07, 6.45) is -3.86. The molecule has 0 saturated carbocycles. The summed E-state index contributed by atoms with van der Waals surface area (Å²) in [5.41, 5.74) is -2.77. The number of hydrogen-bond acceptors (Lipinski definition) is 5. The Labute approximate surface area is 182 Å². The maximum Gasteiger partial charge on any atom is 0.428 e. The molecule has 4 rings (SSSR count). The molecule has 0 aliphatic carbocycles. The fraction of sp³-hybridized carbons (Fsp3) is 0.150. The number of amides is 2. The summed E-state index contributed by atoms with van der Waals surface area (Å²) >= 11 is 0.928. The van der Waals surface area contributed by atoms with Gasteiger partial charge in [-0.1, -0.05) is 17.4 Å². The molecule has 2 aromatic carbocycles. The van der Waals surface area contributed by atoms with Crippen molar-refractivity contribution in [3.63, 3.8) is 0 Å². The lowest BCUT2D eigenvalue weighted by Gasteiger charge is -2.29. The zero-order valence-corrected chi connectivity index (χ0v) is 17.1. The number of nitrogens with one attached hydrogen (secondary N) is 3. The Bertz CT molecular complexity index is 1290. The van der Waals surface area contributed by atoms with Crippen molar-refractivity contribution >= 4 is 38.4 Å². The highest BCUT2D eigenvalue weighted by molar-refractivity contribution is 7.22. The van der Waals surface area contributed by atoms with E-state index in [9.17, 15) is 27.5 Å². The number of H-pyrrole nitrogens is 1. The highest BCUT2D eigenvalue weighted by Crippen LogP contribution is 2.44. The topological polar surface area (TPSA) is 103 Å². The molecule has 1 unspecified atom stereocenters. The van der Waals surface area contributed by atoms with Gasteiger partial charge in [0.05, 0.1) is 10.2 Å². The molecule has 0 radical (unpaired) electrons. The van der Waals surface area contributed by atoms with Gasteiger partial charge in [-0.05, 0) is 43.3 Å². The first-order valence-corrected chi connectivity index (χ1v) is 9.94. The van der Waals surface area contributed by atoms with E-state index in [1.165, 1.54) is 43.5 Å². The lowest BCUT2D eigenvalue weighted by atomic mass is 9.92. The fourth-order valence-electron chi connectivity index (χ4n) is 3.03. The van der Waals surface area contributed by atoms with Crippen LogP contribution < -0.4 is 10.6 Å². The SMILES string of the molecule is Cc1cnc(C(O)(c2ccc3nc(NC(=O)Nc4ccc(F)cc4)sc3c2)C(F)(F)F)[nH]1. The molecule has 2 heterocycles. The number of benzene rings is 2. The average molecular weight is 465 g/mol. The van der Waals surface area contributed by atoms with Gasteiger partial charge in [0, 0.05) is 23.1 Å². The van der Waals surface area contributed by atoms with Crippen LogP contribution in [0, 0.1) is 12.7 Å². The smallest absolute Gasteiger partial charge is 0.370 e. The van der Waals surface area contributed by atoms with Gasteiger partial charge < -0.3 is 15.4 Å². The number of aliphatic hydroxyl groups is 1. The van der Waals surface area contributed by atoms with Crippen LogP contribution >= 0.6 is 11.3 Å². The lowest BCUT2D eigenvalue weighted by molar-refractivity contribution is -0.251. The van der Waals surface area contributed by atoms with Gasteiger partial charge in [-0.15, -0.1) is 0 Å². The number of thiazole rings is 1. The summed E-state index contributed by atoms with van der Waals surface area (Å²) in [4.78, 5) is 22.4. The molecular weight excluding hydrogens is 450 g/mol. The molecule has 0 fully saturated rings. The number of carbonyl (C=O) groups excluding carboxylic acids is 1. The third-order valence-electron chi connectivity index (χ3n) is 4.58. The molecule has 166 valence electrons. The molecule has 4 aromatic rings. The predicted octanol–water partition coefficient (Wildman–Crippen LogP) is 4.91. The Morgan fingerprint density at radius 1 is 1.12 bits per heavy atom. The minimum atomic E-state index is -5.05. The summed E-state index contributed by atoms with van der Waals surface area (Å²) in [6, 6.07) is 8.01. The van der Waals surface area contributed by atoms with Crippen molar-refractivity contribution in [3.05, 3.63) is 71.6 Å². The van der Waals surface area contributed by atoms with Crippen LogP contribution in [0.1, 0.15) is 17.1 Å². The molecular formula is C20H15F4N5O2S. The van der Waals surface area contributed by atoms with E-state index in [-0.39, 0.29) is 5.13 Å². The van der Waals surface area contributed by atoms with Gasteiger partial charge in [0.1, 0.15) is 5.82 Å². The Morgan fingerprint density at radius 3 is 2.47 bits per heavy atom. The lowest BCUT2D eigenvalue weighted by Crippen LogP contribution is -2.44. The molecule has 4 N–H and O–H groups in total. The van der Waals surface area contributed by atoms with Gasteiger partial charge in [0.25, 0.3) is 0 Å². The van der Waals surface area contributed by atoms with Crippen LogP contribution in [0.3, 0.4) is 0 Å². The molecule has 0 spiro atoms. The Kier molecular flexibility index (Phi) is 5.34. The van der Waals surface area contributed by atoms with Crippen molar-refractivity contribution < 1.29 is 27.5 Å². The number of urea groups is 1. The number of fused-ring (bicyclic) bond motifs is 1. The zero-order chi connectivity index (χ0) is 23.1. The number of imidazole rings is 1. The quantitative estimate of drug-likeness (QED) is 0.322. The molecule has 0 aliphatic rings. The second-order valence-corrected chi connectivity index (χ2v) is 7.94. The predicted molar refractivity (Wildman–Crippen MR) is 111 cm³/mol. The summed E-state index contributed by atoms with van der Waals surface area (Å²) in [7, 11) is 0. The monoisotopic (exact) mass is 465 g/mol. The zero-order valence-electron chi connectivity index (χ0n) is 16.3. The molecule has 1 atom stereocenters. The number of anilines is 2. The van der Waals surface area contributed by atoms with E-state index in [4.69, 9.17) is 0 Å². The van der Waals surface area contributed by atoms with Crippen LogP contribution in [0.5, 0.6) is 0 Å². The summed E-state index contributed by atoms with van der Waals surface area (Å²) in [5.74, 6) is -1.11. The second-order valence-electron chi connectivity index (χ2n) is 6.91. The molecule has 0 bridgehead atoms. The summed E-state index contributed by atoms with van der Waals surface area (Å²) in [5, 5.41) is 15.8. The minimum absolute atomic E-state index is 0.126. The number of alkyl halides is 3. The van der Waals surface area contributed by atoms with E-state index < -0.39 is 35.0 Å². The van der Waals surface area contributed by atoms with E-state index in [1.54, 1.807) is 0 Å². The number of hydrogen-bond donors (Lipinski definition) is 4. The van der Waals surface area contributed by atoms with Crippen molar-refractivity contribution in [1.82, 2.24) is 15.0 Å². The van der Waals surface area contributed by atoms with E-state index in [0.717, 1.165) is 23.5 Å². The minimum Gasteiger partial charge on any atom is -0.370 e. The van der Waals surface area contributed by atoms with E-state index >= 15 is 0 Å². The van der Waals surface area contributed by atoms with Crippen molar-refractivity contribution in [1.29, 1.82) is 0 Å². The van der Waals surface area contributed by atoms with Crippen LogP contribution in [0.25, 0.3) is 10.2 Å². The number of aromatic nitrogens is 3. The number of rotatable bonds is 4. The third-order valence-corrected chi connectivity index (χ3v) is 5.52. The number of halogens is 4. The standard InChI is InChI=1S/C20H15F4N5O2S/c1-10-9-25-16(26-10)19(31,20(22,23)24)11-2-7-14-15(8-11)32-18(28-14)29-17(30)27-13-5-3-12(21)4-6-13/h2-9,31H,1H3,(H,25,26)(H2,27,28,29,30). The van der Waals surface area contributed by atoms with Gasteiger partial charge in [0.15, 0.2) is 11.0 Å². The Hall–Kier alpha value is -3.51. The van der Waals surface area contributed by atoms with Crippen LogP contribution in [-0.4, -0.2) is 32.3 Å². The molecule has 0 saturated heterocycles. The van der Waals surface area contributed by atoms with Crippen LogP contribution in [0.4, 0.5) is 33.2 Å². The molecule has 0 aliphatic heterocycles. The van der Waals surface area contributed by atoms with Crippen LogP contribution in [0.2, 0.25) is 0 Å². The van der Waals surface area contributed by atoms with Crippen molar-refractivity contribution in [2.75, 3.05) is 10.6 Å². The number of nitrogens with zero attached hydrogens (tertiary/aromatic N) is 2. The first kappa shape index (κ1) is 21.7. The van der Waals surface area contributed by atoms with Crippen LogP contribution in [0.15, 0.2) is 48.7 Å². The van der Waals surface area contributed by atoms with Gasteiger partial charge in [-0.3, -0.25) is 5.32 Å². The first-order valence-electron chi connectivity index (χ1n) is 9.12. The molecule has 32 heavy (non-hydrogen) atoms. The second kappa shape index (κ2) is 7.88. The molecule has 12 heteroatoms. The van der Waals surface area contributed by atoms with E-state index in [1.807, 2.05) is 0 Å². The van der Waals surface area contributed by atoms with E-state index in [0.29, 0.717) is 21.6 Å². The molecule has 2 amide bonds. The number of aryl methyl sites for hydroxylation is 1. The molecule has 7 nitrogen and oxygen atoms in total. The van der Waals surface area contributed by atoms with Gasteiger partial charge in [-0.25, -0.2) is 19.2 Å². The fourth-order valence-corrected chi connectivity index (χ4v) is 3.93. The maximum atomic E-state index is 13.9. The number of carbonyl (C=O) groups is 1. The van der Waals surface area contributed by atoms with E-state index in [2.05, 4.69) is 25.6 Å². The van der Waals surface area contributed by atoms with Crippen LogP contribution in [-0.2, 0) is 5.60 Å². The van der Waals surface area contributed by atoms with Gasteiger partial charge in [0.2, 0.25) is 5.60 Å². The van der Waals surface area contributed by atoms with Gasteiger partial charge in [-0.2, -0.15) is 13.2 Å². The highest BCUT2D eigenvalue weighted by Gasteiger charge is 2.58. The maximum absolute atomic E-state index is 13.9. The summed E-state index contributed by atoms with van der Waals surface area (Å²) in [6.45, 7) is 1.52. The Balaban J connectivity index is 1.62. The van der Waals surface area contributed by atoms with Crippen molar-refractivity contribution in [2.45, 2.75) is 18.7 Å². The normalized spacial score (nSPS) is 13.7. The highest BCUT2D eigenvalue weighted by atomic mass is 32.1. The third kappa shape index (κ3) is 4.01. The average Bonchev–Trinajstić information content (AvgIpc) is 3.33.